The molecule has 5 rings (SSSR count). The molecule has 7 nitrogen and oxygen atoms in total. The van der Waals surface area contributed by atoms with E-state index in [4.69, 9.17) is 0 Å². The Morgan fingerprint density at radius 2 is 1.28 bits per heavy atom. The predicted octanol–water partition coefficient (Wildman–Crippen LogP) is 5.49. The zero-order valence-corrected chi connectivity index (χ0v) is 25.0. The van der Waals surface area contributed by atoms with Gasteiger partial charge < -0.3 is 10.2 Å². The Balaban J connectivity index is 1.36. The van der Waals surface area contributed by atoms with Crippen LogP contribution in [0.15, 0.2) is 120 Å². The SMILES string of the molecule is O=C(NCc1ccccc1)C(c1ccccc1)N(Cc1ccccc1)C(=O)CCc1ccc(S(=O)(=O)N2CCCC2)cc1. The van der Waals surface area contributed by atoms with E-state index >= 15 is 0 Å². The van der Waals surface area contributed by atoms with Gasteiger partial charge >= 0.3 is 0 Å². The number of nitrogens with zero attached hydrogens (tertiary/aromatic N) is 2. The number of carbonyl (C=O) groups excluding carboxylic acids is 2. The lowest BCUT2D eigenvalue weighted by Crippen LogP contribution is -2.43. The van der Waals surface area contributed by atoms with Gasteiger partial charge in [-0.2, -0.15) is 4.31 Å². The van der Waals surface area contributed by atoms with E-state index in [0.29, 0.717) is 26.1 Å². The molecule has 8 heteroatoms. The molecule has 0 aromatic heterocycles. The molecule has 1 fully saturated rings. The molecule has 222 valence electrons. The molecule has 1 heterocycles. The number of carbonyl (C=O) groups is 2. The minimum absolute atomic E-state index is 0.165. The summed E-state index contributed by atoms with van der Waals surface area (Å²) in [5.41, 5.74) is 3.48. The Morgan fingerprint density at radius 3 is 1.88 bits per heavy atom. The second kappa shape index (κ2) is 14.3. The van der Waals surface area contributed by atoms with Crippen molar-refractivity contribution in [2.24, 2.45) is 0 Å². The van der Waals surface area contributed by atoms with Crippen molar-refractivity contribution in [2.75, 3.05) is 13.1 Å². The Bertz CT molecular complexity index is 1590. The maximum atomic E-state index is 14.0. The number of benzene rings is 4. The Kier molecular flexibility index (Phi) is 10.0. The van der Waals surface area contributed by atoms with Gasteiger partial charge in [0.1, 0.15) is 6.04 Å². The van der Waals surface area contributed by atoms with Gasteiger partial charge in [0.05, 0.1) is 4.90 Å². The van der Waals surface area contributed by atoms with Crippen LogP contribution in [0.4, 0.5) is 0 Å². The summed E-state index contributed by atoms with van der Waals surface area (Å²) < 4.78 is 27.4. The van der Waals surface area contributed by atoms with E-state index in [2.05, 4.69) is 5.32 Å². The molecular weight excluding hydrogens is 558 g/mol. The highest BCUT2D eigenvalue weighted by atomic mass is 32.2. The molecule has 1 aliphatic rings. The van der Waals surface area contributed by atoms with E-state index in [1.54, 1.807) is 29.2 Å². The number of aryl methyl sites for hydroxylation is 1. The lowest BCUT2D eigenvalue weighted by atomic mass is 10.0. The summed E-state index contributed by atoms with van der Waals surface area (Å²) in [5, 5.41) is 3.04. The quantitative estimate of drug-likeness (QED) is 0.235. The molecule has 1 aliphatic heterocycles. The van der Waals surface area contributed by atoms with Crippen LogP contribution in [0.5, 0.6) is 0 Å². The third kappa shape index (κ3) is 7.77. The van der Waals surface area contributed by atoms with E-state index < -0.39 is 16.1 Å². The number of amides is 2. The minimum Gasteiger partial charge on any atom is -0.350 e. The molecule has 0 bridgehead atoms. The summed E-state index contributed by atoms with van der Waals surface area (Å²) >= 11 is 0. The summed E-state index contributed by atoms with van der Waals surface area (Å²) in [6, 6.07) is 34.7. The molecule has 1 N–H and O–H groups in total. The Hall–Kier alpha value is -4.27. The molecule has 0 aliphatic carbocycles. The fraction of sp³-hybridized carbons (Fsp3) is 0.257. The smallest absolute Gasteiger partial charge is 0.247 e. The number of hydrogen-bond donors (Lipinski definition) is 1. The van der Waals surface area contributed by atoms with Gasteiger partial charge in [-0.15, -0.1) is 0 Å². The van der Waals surface area contributed by atoms with Gasteiger partial charge in [-0.05, 0) is 53.6 Å². The summed E-state index contributed by atoms with van der Waals surface area (Å²) in [7, 11) is -3.50. The zero-order chi connectivity index (χ0) is 30.1. The number of rotatable bonds is 12. The van der Waals surface area contributed by atoms with Crippen molar-refractivity contribution in [3.63, 3.8) is 0 Å². The van der Waals surface area contributed by atoms with Gasteiger partial charge in [-0.25, -0.2) is 8.42 Å². The number of nitrogens with one attached hydrogen (secondary N) is 1. The van der Waals surface area contributed by atoms with Crippen LogP contribution in [0.2, 0.25) is 0 Å². The average Bonchev–Trinajstić information content (AvgIpc) is 3.61. The molecule has 1 saturated heterocycles. The van der Waals surface area contributed by atoms with E-state index in [0.717, 1.165) is 35.1 Å². The highest BCUT2D eigenvalue weighted by Crippen LogP contribution is 2.26. The van der Waals surface area contributed by atoms with Crippen LogP contribution in [0.1, 0.15) is 47.6 Å². The molecule has 0 spiro atoms. The van der Waals surface area contributed by atoms with Gasteiger partial charge in [0.15, 0.2) is 0 Å². The van der Waals surface area contributed by atoms with E-state index in [1.807, 2.05) is 91.0 Å². The molecular formula is C35H37N3O4S. The molecule has 1 unspecified atom stereocenters. The van der Waals surface area contributed by atoms with Crippen LogP contribution in [0.25, 0.3) is 0 Å². The van der Waals surface area contributed by atoms with Crippen molar-refractivity contribution in [1.82, 2.24) is 14.5 Å². The average molecular weight is 596 g/mol. The first-order valence-electron chi connectivity index (χ1n) is 14.7. The fourth-order valence-corrected chi connectivity index (χ4v) is 6.91. The summed E-state index contributed by atoms with van der Waals surface area (Å²) in [4.78, 5) is 29.7. The minimum atomic E-state index is -3.50. The second-order valence-corrected chi connectivity index (χ2v) is 12.7. The summed E-state index contributed by atoms with van der Waals surface area (Å²) in [5.74, 6) is -0.419. The lowest BCUT2D eigenvalue weighted by Gasteiger charge is -2.32. The van der Waals surface area contributed by atoms with Crippen LogP contribution in [0, 0.1) is 0 Å². The monoisotopic (exact) mass is 595 g/mol. The standard InChI is InChI=1S/C35H37N3O4S/c39-33(23-20-28-18-21-32(22-19-28)43(41,42)37-24-10-11-25-37)38(27-30-14-6-2-7-15-30)34(31-16-8-3-9-17-31)35(40)36-26-29-12-4-1-5-13-29/h1-9,12-19,21-22,34H,10-11,20,23-27H2,(H,36,40). The van der Waals surface area contributed by atoms with Gasteiger partial charge in [0, 0.05) is 32.6 Å². The van der Waals surface area contributed by atoms with Gasteiger partial charge in [-0.1, -0.05) is 103 Å². The Morgan fingerprint density at radius 1 is 0.721 bits per heavy atom. The predicted molar refractivity (Wildman–Crippen MR) is 167 cm³/mol. The maximum Gasteiger partial charge on any atom is 0.247 e. The van der Waals surface area contributed by atoms with E-state index in [1.165, 1.54) is 4.31 Å². The van der Waals surface area contributed by atoms with Gasteiger partial charge in [0.25, 0.3) is 0 Å². The van der Waals surface area contributed by atoms with Gasteiger partial charge in [0.2, 0.25) is 21.8 Å². The zero-order valence-electron chi connectivity index (χ0n) is 24.1. The number of hydrogen-bond acceptors (Lipinski definition) is 4. The molecule has 4 aromatic carbocycles. The van der Waals surface area contributed by atoms with Crippen molar-refractivity contribution in [3.8, 4) is 0 Å². The molecule has 0 saturated carbocycles. The highest BCUT2D eigenvalue weighted by Gasteiger charge is 2.31. The maximum absolute atomic E-state index is 14.0. The van der Waals surface area contributed by atoms with Crippen molar-refractivity contribution in [3.05, 3.63) is 138 Å². The molecule has 4 aromatic rings. The number of sulfonamides is 1. The molecule has 0 radical (unpaired) electrons. The topological polar surface area (TPSA) is 86.8 Å². The largest absolute Gasteiger partial charge is 0.350 e. The molecule has 2 amide bonds. The van der Waals surface area contributed by atoms with Crippen LogP contribution in [-0.4, -0.2) is 42.5 Å². The molecule has 1 atom stereocenters. The summed E-state index contributed by atoms with van der Waals surface area (Å²) in [6.07, 6.45) is 2.35. The first kappa shape index (κ1) is 30.2. The first-order valence-corrected chi connectivity index (χ1v) is 16.1. The van der Waals surface area contributed by atoms with Gasteiger partial charge in [-0.3, -0.25) is 9.59 Å². The van der Waals surface area contributed by atoms with Crippen molar-refractivity contribution in [2.45, 2.75) is 49.7 Å². The van der Waals surface area contributed by atoms with Crippen LogP contribution >= 0.6 is 0 Å². The third-order valence-electron chi connectivity index (χ3n) is 7.75. The van der Waals surface area contributed by atoms with Crippen molar-refractivity contribution >= 4 is 21.8 Å². The van der Waals surface area contributed by atoms with E-state index in [-0.39, 0.29) is 29.7 Å². The second-order valence-electron chi connectivity index (χ2n) is 10.8. The first-order chi connectivity index (χ1) is 20.9. The van der Waals surface area contributed by atoms with Crippen LogP contribution in [-0.2, 0) is 39.1 Å². The third-order valence-corrected chi connectivity index (χ3v) is 9.67. The van der Waals surface area contributed by atoms with Crippen LogP contribution < -0.4 is 5.32 Å². The summed E-state index contributed by atoms with van der Waals surface area (Å²) in [6.45, 7) is 1.72. The lowest BCUT2D eigenvalue weighted by molar-refractivity contribution is -0.141. The van der Waals surface area contributed by atoms with E-state index in [9.17, 15) is 18.0 Å². The van der Waals surface area contributed by atoms with Crippen molar-refractivity contribution in [1.29, 1.82) is 0 Å². The normalized spacial score (nSPS) is 14.2. The fourth-order valence-electron chi connectivity index (χ4n) is 5.39. The van der Waals surface area contributed by atoms with Crippen molar-refractivity contribution < 1.29 is 18.0 Å². The molecule has 43 heavy (non-hydrogen) atoms. The highest BCUT2D eigenvalue weighted by molar-refractivity contribution is 7.89. The van der Waals surface area contributed by atoms with Crippen LogP contribution in [0.3, 0.4) is 0 Å². The Labute approximate surface area is 254 Å².